The van der Waals surface area contributed by atoms with Crippen LogP contribution in [0.1, 0.15) is 31.6 Å². The highest BCUT2D eigenvalue weighted by atomic mass is 35.5. The van der Waals surface area contributed by atoms with E-state index in [-0.39, 0.29) is 5.92 Å². The van der Waals surface area contributed by atoms with E-state index in [0.29, 0.717) is 28.8 Å². The van der Waals surface area contributed by atoms with E-state index in [1.165, 1.54) is 0 Å². The number of carboxylic acid groups (broad SMARTS) is 1. The molecule has 1 aliphatic carbocycles. The summed E-state index contributed by atoms with van der Waals surface area (Å²) in [5.41, 5.74) is 1.34. The monoisotopic (exact) mass is 279 g/mol. The summed E-state index contributed by atoms with van der Waals surface area (Å²) in [7, 11) is 0. The summed E-state index contributed by atoms with van der Waals surface area (Å²) in [6, 6.07) is 5.25. The fraction of sp³-hybridized carbons (Fsp3) is 0.429. The van der Waals surface area contributed by atoms with Crippen LogP contribution in [0.2, 0.25) is 5.02 Å². The Bertz CT molecular complexity index is 637. The van der Waals surface area contributed by atoms with Crippen LogP contribution in [0.4, 0.5) is 0 Å². The number of rotatable bonds is 2. The number of aliphatic carboxylic acids is 1. The van der Waals surface area contributed by atoms with Crippen LogP contribution in [0.3, 0.4) is 0 Å². The number of benzene rings is 1. The molecule has 0 aliphatic heterocycles. The second-order valence-corrected chi connectivity index (χ2v) is 5.73. The summed E-state index contributed by atoms with van der Waals surface area (Å²) >= 11 is 5.91. The first-order valence-corrected chi connectivity index (χ1v) is 6.71. The van der Waals surface area contributed by atoms with E-state index >= 15 is 0 Å². The SMILES string of the molecule is CC1CC(C(=O)O)C(c2nc3ccc(Cl)cc3o2)C1. The third-order valence-corrected chi connectivity index (χ3v) is 4.03. The first-order valence-electron chi connectivity index (χ1n) is 6.33. The lowest BCUT2D eigenvalue weighted by Crippen LogP contribution is -2.17. The largest absolute Gasteiger partial charge is 0.481 e. The Morgan fingerprint density at radius 3 is 3.00 bits per heavy atom. The Balaban J connectivity index is 2.01. The number of hydrogen-bond donors (Lipinski definition) is 1. The summed E-state index contributed by atoms with van der Waals surface area (Å²) < 4.78 is 5.70. The van der Waals surface area contributed by atoms with Gasteiger partial charge in [-0.05, 0) is 30.9 Å². The van der Waals surface area contributed by atoms with Crippen molar-refractivity contribution < 1.29 is 14.3 Å². The lowest BCUT2D eigenvalue weighted by Gasteiger charge is -2.10. The van der Waals surface area contributed by atoms with Crippen LogP contribution in [0, 0.1) is 11.8 Å². The first kappa shape index (κ1) is 12.5. The lowest BCUT2D eigenvalue weighted by molar-refractivity contribution is -0.142. The summed E-state index contributed by atoms with van der Waals surface area (Å²) in [6.07, 6.45) is 1.48. The Morgan fingerprint density at radius 2 is 2.26 bits per heavy atom. The average molecular weight is 280 g/mol. The molecule has 1 aromatic carbocycles. The zero-order valence-electron chi connectivity index (χ0n) is 10.5. The molecule has 0 amide bonds. The minimum Gasteiger partial charge on any atom is -0.481 e. The molecule has 1 aromatic heterocycles. The van der Waals surface area contributed by atoms with Crippen LogP contribution in [-0.4, -0.2) is 16.1 Å². The Morgan fingerprint density at radius 1 is 1.47 bits per heavy atom. The molecule has 0 spiro atoms. The van der Waals surface area contributed by atoms with Crippen molar-refractivity contribution in [3.8, 4) is 0 Å². The van der Waals surface area contributed by atoms with Crippen molar-refractivity contribution in [2.24, 2.45) is 11.8 Å². The fourth-order valence-corrected chi connectivity index (χ4v) is 3.07. The van der Waals surface area contributed by atoms with Crippen molar-refractivity contribution >= 4 is 28.7 Å². The molecule has 4 nitrogen and oxygen atoms in total. The van der Waals surface area contributed by atoms with Gasteiger partial charge in [-0.25, -0.2) is 4.98 Å². The number of carboxylic acids is 1. The van der Waals surface area contributed by atoms with Crippen LogP contribution < -0.4 is 0 Å². The van der Waals surface area contributed by atoms with Gasteiger partial charge in [-0.1, -0.05) is 18.5 Å². The highest BCUT2D eigenvalue weighted by molar-refractivity contribution is 6.31. The molecule has 1 saturated carbocycles. The van der Waals surface area contributed by atoms with E-state index < -0.39 is 11.9 Å². The number of halogens is 1. The zero-order chi connectivity index (χ0) is 13.6. The Labute approximate surface area is 115 Å². The molecule has 5 heteroatoms. The molecule has 1 fully saturated rings. The van der Waals surface area contributed by atoms with Gasteiger partial charge >= 0.3 is 5.97 Å². The Hall–Kier alpha value is -1.55. The van der Waals surface area contributed by atoms with Crippen LogP contribution in [0.5, 0.6) is 0 Å². The van der Waals surface area contributed by atoms with E-state index in [4.69, 9.17) is 16.0 Å². The van der Waals surface area contributed by atoms with Crippen molar-refractivity contribution in [3.05, 3.63) is 29.1 Å². The van der Waals surface area contributed by atoms with Crippen molar-refractivity contribution in [3.63, 3.8) is 0 Å². The second-order valence-electron chi connectivity index (χ2n) is 5.29. The third kappa shape index (κ3) is 2.21. The van der Waals surface area contributed by atoms with Gasteiger partial charge in [0, 0.05) is 17.0 Å². The highest BCUT2D eigenvalue weighted by Crippen LogP contribution is 2.43. The molecule has 2 aromatic rings. The molecular weight excluding hydrogens is 266 g/mol. The van der Waals surface area contributed by atoms with Gasteiger partial charge in [-0.15, -0.1) is 0 Å². The molecule has 100 valence electrons. The fourth-order valence-electron chi connectivity index (χ4n) is 2.91. The molecule has 0 radical (unpaired) electrons. The van der Waals surface area contributed by atoms with Crippen molar-refractivity contribution in [2.75, 3.05) is 0 Å². The Kier molecular flexibility index (Phi) is 2.97. The van der Waals surface area contributed by atoms with Crippen LogP contribution in [0.25, 0.3) is 11.1 Å². The molecule has 1 aliphatic rings. The summed E-state index contributed by atoms with van der Waals surface area (Å²) in [4.78, 5) is 15.7. The summed E-state index contributed by atoms with van der Waals surface area (Å²) in [5.74, 6) is -0.412. The van der Waals surface area contributed by atoms with Gasteiger partial charge in [0.15, 0.2) is 11.5 Å². The van der Waals surface area contributed by atoms with Gasteiger partial charge in [-0.3, -0.25) is 4.79 Å². The number of fused-ring (bicyclic) bond motifs is 1. The van der Waals surface area contributed by atoms with E-state index in [1.54, 1.807) is 18.2 Å². The topological polar surface area (TPSA) is 63.3 Å². The smallest absolute Gasteiger partial charge is 0.307 e. The van der Waals surface area contributed by atoms with Crippen molar-refractivity contribution in [2.45, 2.75) is 25.7 Å². The van der Waals surface area contributed by atoms with Crippen LogP contribution in [-0.2, 0) is 4.79 Å². The number of carbonyl (C=O) groups is 1. The minimum absolute atomic E-state index is 0.140. The second kappa shape index (κ2) is 4.53. The number of hydrogen-bond acceptors (Lipinski definition) is 3. The number of oxazole rings is 1. The van der Waals surface area contributed by atoms with Gasteiger partial charge in [0.1, 0.15) is 5.52 Å². The molecule has 0 saturated heterocycles. The third-order valence-electron chi connectivity index (χ3n) is 3.80. The average Bonchev–Trinajstić information content (AvgIpc) is 2.91. The molecule has 3 rings (SSSR count). The normalized spacial score (nSPS) is 26.9. The highest BCUT2D eigenvalue weighted by Gasteiger charge is 2.40. The maximum atomic E-state index is 11.3. The standard InChI is InChI=1S/C14H14ClNO3/c1-7-4-9(10(5-7)14(17)18)13-16-11-3-2-8(15)6-12(11)19-13/h2-3,6-7,9-10H,4-5H2,1H3,(H,17,18). The molecule has 1 heterocycles. The first-order chi connectivity index (χ1) is 9.04. The molecule has 3 atom stereocenters. The predicted octanol–water partition coefficient (Wildman–Crippen LogP) is 3.70. The predicted molar refractivity (Wildman–Crippen MR) is 71.3 cm³/mol. The van der Waals surface area contributed by atoms with Crippen molar-refractivity contribution in [1.29, 1.82) is 0 Å². The summed E-state index contributed by atoms with van der Waals surface area (Å²) in [5, 5.41) is 9.88. The van der Waals surface area contributed by atoms with E-state index in [9.17, 15) is 9.90 Å². The zero-order valence-corrected chi connectivity index (χ0v) is 11.2. The van der Waals surface area contributed by atoms with Crippen LogP contribution in [0.15, 0.2) is 22.6 Å². The molecule has 3 unspecified atom stereocenters. The van der Waals surface area contributed by atoms with Crippen molar-refractivity contribution in [1.82, 2.24) is 4.98 Å². The van der Waals surface area contributed by atoms with E-state index in [1.807, 2.05) is 0 Å². The lowest BCUT2D eigenvalue weighted by atomic mass is 9.96. The summed E-state index contributed by atoms with van der Waals surface area (Å²) in [6.45, 7) is 2.06. The minimum atomic E-state index is -0.769. The maximum absolute atomic E-state index is 11.3. The van der Waals surface area contributed by atoms with Crippen LogP contribution >= 0.6 is 11.6 Å². The van der Waals surface area contributed by atoms with Gasteiger partial charge in [0.25, 0.3) is 0 Å². The van der Waals surface area contributed by atoms with E-state index in [2.05, 4.69) is 11.9 Å². The maximum Gasteiger partial charge on any atom is 0.307 e. The van der Waals surface area contributed by atoms with Gasteiger partial charge in [-0.2, -0.15) is 0 Å². The molecule has 1 N–H and O–H groups in total. The number of nitrogens with zero attached hydrogens (tertiary/aromatic N) is 1. The van der Waals surface area contributed by atoms with Gasteiger partial charge < -0.3 is 9.52 Å². The van der Waals surface area contributed by atoms with E-state index in [0.717, 1.165) is 11.9 Å². The van der Waals surface area contributed by atoms with Gasteiger partial charge in [0.05, 0.1) is 5.92 Å². The number of aromatic nitrogens is 1. The van der Waals surface area contributed by atoms with Gasteiger partial charge in [0.2, 0.25) is 0 Å². The molecule has 19 heavy (non-hydrogen) atoms. The molecular formula is C14H14ClNO3. The quantitative estimate of drug-likeness (QED) is 0.910. The molecule has 0 bridgehead atoms.